The van der Waals surface area contributed by atoms with Crippen molar-refractivity contribution in [3.63, 3.8) is 0 Å². The Balaban J connectivity index is 3.79. The molecule has 0 aliphatic heterocycles. The molecule has 0 spiro atoms. The van der Waals surface area contributed by atoms with E-state index < -0.39 is 5.54 Å². The molecule has 0 amide bonds. The largest absolute Gasteiger partial charge is 0.396 e. The van der Waals surface area contributed by atoms with Gasteiger partial charge in [-0.2, -0.15) is 0 Å². The van der Waals surface area contributed by atoms with Crippen molar-refractivity contribution < 1.29 is 15.3 Å². The van der Waals surface area contributed by atoms with Crippen LogP contribution in [0.2, 0.25) is 0 Å². The zero-order valence-corrected chi connectivity index (χ0v) is 6.66. The number of aliphatic hydroxyl groups is 3. The van der Waals surface area contributed by atoms with E-state index in [9.17, 15) is 0 Å². The van der Waals surface area contributed by atoms with Crippen molar-refractivity contribution in [3.05, 3.63) is 0 Å². The maximum Gasteiger partial charge on any atom is 0.0448 e. The average molecular weight is 163 g/mol. The molecule has 0 unspecified atom stereocenters. The normalized spacial score (nSPS) is 12.0. The topological polar surface area (TPSA) is 86.7 Å². The van der Waals surface area contributed by atoms with Crippen LogP contribution in [0, 0.1) is 0 Å². The van der Waals surface area contributed by atoms with Crippen molar-refractivity contribution >= 4 is 0 Å². The Morgan fingerprint density at radius 1 is 0.818 bits per heavy atom. The molecule has 0 rings (SSSR count). The van der Waals surface area contributed by atoms with E-state index in [1.54, 1.807) is 0 Å². The van der Waals surface area contributed by atoms with Crippen LogP contribution in [0.4, 0.5) is 0 Å². The summed E-state index contributed by atoms with van der Waals surface area (Å²) < 4.78 is 0. The van der Waals surface area contributed by atoms with E-state index >= 15 is 0 Å². The Kier molecular flexibility index (Phi) is 5.41. The van der Waals surface area contributed by atoms with Gasteiger partial charge >= 0.3 is 0 Å². The van der Waals surface area contributed by atoms with Crippen LogP contribution in [0.3, 0.4) is 0 Å². The first-order chi connectivity index (χ1) is 5.18. The van der Waals surface area contributed by atoms with E-state index in [4.69, 9.17) is 21.1 Å². The minimum atomic E-state index is -0.599. The Labute approximate surface area is 66.7 Å². The molecule has 0 radical (unpaired) electrons. The van der Waals surface area contributed by atoms with Gasteiger partial charge in [0.1, 0.15) is 0 Å². The highest BCUT2D eigenvalue weighted by molar-refractivity contribution is 4.82. The molecule has 0 fully saturated rings. The van der Waals surface area contributed by atoms with E-state index in [1.165, 1.54) is 0 Å². The first-order valence-electron chi connectivity index (χ1n) is 3.80. The Hall–Kier alpha value is -0.160. The fourth-order valence-electron chi connectivity index (χ4n) is 1.04. The monoisotopic (exact) mass is 163 g/mol. The van der Waals surface area contributed by atoms with Gasteiger partial charge in [0.2, 0.25) is 0 Å². The molecule has 11 heavy (non-hydrogen) atoms. The van der Waals surface area contributed by atoms with E-state index in [-0.39, 0.29) is 19.8 Å². The van der Waals surface area contributed by atoms with E-state index in [0.717, 1.165) is 0 Å². The van der Waals surface area contributed by atoms with Gasteiger partial charge < -0.3 is 21.1 Å². The smallest absolute Gasteiger partial charge is 0.0448 e. The Morgan fingerprint density at radius 2 is 1.09 bits per heavy atom. The Bertz CT molecular complexity index is 80.7. The molecule has 0 saturated heterocycles. The first-order valence-corrected chi connectivity index (χ1v) is 3.80. The molecule has 5 N–H and O–H groups in total. The molecule has 0 aliphatic rings. The number of hydrogen-bond acceptors (Lipinski definition) is 4. The van der Waals surface area contributed by atoms with Crippen LogP contribution >= 0.6 is 0 Å². The second kappa shape index (κ2) is 5.49. The summed E-state index contributed by atoms with van der Waals surface area (Å²) in [6, 6.07) is 0. The summed E-state index contributed by atoms with van der Waals surface area (Å²) in [5, 5.41) is 25.8. The van der Waals surface area contributed by atoms with Gasteiger partial charge in [-0.3, -0.25) is 0 Å². The summed E-state index contributed by atoms with van der Waals surface area (Å²) in [4.78, 5) is 0. The summed E-state index contributed by atoms with van der Waals surface area (Å²) in [5.41, 5.74) is 5.15. The lowest BCUT2D eigenvalue weighted by atomic mass is 9.90. The highest BCUT2D eigenvalue weighted by atomic mass is 16.3. The van der Waals surface area contributed by atoms with Crippen molar-refractivity contribution in [2.45, 2.75) is 24.8 Å². The minimum Gasteiger partial charge on any atom is -0.396 e. The third kappa shape index (κ3) is 4.31. The van der Waals surface area contributed by atoms with Crippen LogP contribution in [0.15, 0.2) is 0 Å². The predicted molar refractivity (Wildman–Crippen MR) is 42.0 cm³/mol. The van der Waals surface area contributed by atoms with Crippen LogP contribution in [0.5, 0.6) is 0 Å². The number of rotatable bonds is 6. The molecule has 0 aromatic carbocycles. The number of aliphatic hydroxyl groups excluding tert-OH is 3. The molecule has 4 heteroatoms. The van der Waals surface area contributed by atoms with Crippen molar-refractivity contribution in [1.29, 1.82) is 0 Å². The van der Waals surface area contributed by atoms with Crippen LogP contribution in [-0.2, 0) is 0 Å². The second-order valence-corrected chi connectivity index (χ2v) is 2.78. The fraction of sp³-hybridized carbons (Fsp3) is 1.00. The summed E-state index contributed by atoms with van der Waals surface area (Å²) in [6.07, 6.45) is 1.27. The molecule has 0 saturated carbocycles. The predicted octanol–water partition coefficient (Wildman–Crippen LogP) is -1.17. The van der Waals surface area contributed by atoms with Gasteiger partial charge in [-0.15, -0.1) is 0 Å². The average Bonchev–Trinajstić information content (AvgIpc) is 1.88. The lowest BCUT2D eigenvalue weighted by Gasteiger charge is -2.26. The van der Waals surface area contributed by atoms with Crippen molar-refractivity contribution in [2.24, 2.45) is 5.73 Å². The molecule has 0 aromatic rings. The summed E-state index contributed by atoms with van der Waals surface area (Å²) in [7, 11) is 0. The van der Waals surface area contributed by atoms with Gasteiger partial charge in [0.25, 0.3) is 0 Å². The van der Waals surface area contributed by atoms with Crippen LogP contribution < -0.4 is 5.73 Å². The summed E-state index contributed by atoms with van der Waals surface area (Å²) >= 11 is 0. The first kappa shape index (κ1) is 10.8. The molecule has 0 aliphatic carbocycles. The number of nitrogens with two attached hydrogens (primary N) is 1. The maximum atomic E-state index is 8.61. The third-order valence-corrected chi connectivity index (χ3v) is 1.83. The summed E-state index contributed by atoms with van der Waals surface area (Å²) in [6.45, 7) is -0.0104. The quantitative estimate of drug-likeness (QED) is 0.397. The zero-order chi connectivity index (χ0) is 8.74. The lowest BCUT2D eigenvalue weighted by Crippen LogP contribution is -2.42. The molecule has 0 bridgehead atoms. The highest BCUT2D eigenvalue weighted by Crippen LogP contribution is 2.15. The van der Waals surface area contributed by atoms with E-state index in [1.807, 2.05) is 0 Å². The van der Waals surface area contributed by atoms with Crippen molar-refractivity contribution in [2.75, 3.05) is 19.8 Å². The van der Waals surface area contributed by atoms with Gasteiger partial charge in [-0.1, -0.05) is 0 Å². The molecular weight excluding hydrogens is 146 g/mol. The highest BCUT2D eigenvalue weighted by Gasteiger charge is 2.22. The zero-order valence-electron chi connectivity index (χ0n) is 6.66. The van der Waals surface area contributed by atoms with Gasteiger partial charge in [-0.05, 0) is 19.3 Å². The fourth-order valence-corrected chi connectivity index (χ4v) is 1.04. The van der Waals surface area contributed by atoms with Crippen molar-refractivity contribution in [3.8, 4) is 0 Å². The van der Waals surface area contributed by atoms with Gasteiger partial charge in [0.05, 0.1) is 0 Å². The lowest BCUT2D eigenvalue weighted by molar-refractivity contribution is 0.160. The molecule has 0 atom stereocenters. The molecular formula is C7H17NO3. The molecule has 4 nitrogen and oxygen atoms in total. The van der Waals surface area contributed by atoms with Crippen LogP contribution in [-0.4, -0.2) is 40.7 Å². The van der Waals surface area contributed by atoms with E-state index in [2.05, 4.69) is 0 Å². The molecule has 0 heterocycles. The minimum absolute atomic E-state index is 0.00347. The van der Waals surface area contributed by atoms with Gasteiger partial charge in [-0.25, -0.2) is 0 Å². The van der Waals surface area contributed by atoms with Crippen LogP contribution in [0.25, 0.3) is 0 Å². The molecule has 0 aromatic heterocycles. The van der Waals surface area contributed by atoms with Gasteiger partial charge in [0, 0.05) is 25.4 Å². The third-order valence-electron chi connectivity index (χ3n) is 1.83. The SMILES string of the molecule is NC(CCO)(CCO)CCO. The van der Waals surface area contributed by atoms with E-state index in [0.29, 0.717) is 19.3 Å². The van der Waals surface area contributed by atoms with Gasteiger partial charge in [0.15, 0.2) is 0 Å². The maximum absolute atomic E-state index is 8.61. The van der Waals surface area contributed by atoms with Crippen molar-refractivity contribution in [1.82, 2.24) is 0 Å². The standard InChI is InChI=1S/C7H17NO3/c8-7(1-4-9,2-5-10)3-6-11/h9-11H,1-6,8H2. The Morgan fingerprint density at radius 3 is 1.27 bits per heavy atom. The number of hydrogen-bond donors (Lipinski definition) is 4. The molecule has 68 valence electrons. The second-order valence-electron chi connectivity index (χ2n) is 2.78. The summed E-state index contributed by atoms with van der Waals surface area (Å²) in [5.74, 6) is 0. The van der Waals surface area contributed by atoms with Crippen LogP contribution in [0.1, 0.15) is 19.3 Å².